The number of benzene rings is 1. The molecule has 0 aromatic heterocycles. The molecule has 3 rings (SSSR count). The Morgan fingerprint density at radius 2 is 2.05 bits per heavy atom. The average molecular weight is 270 g/mol. The van der Waals surface area contributed by atoms with E-state index < -0.39 is 0 Å². The van der Waals surface area contributed by atoms with Gasteiger partial charge >= 0.3 is 0 Å². The predicted molar refractivity (Wildman–Crippen MR) is 77.3 cm³/mol. The van der Waals surface area contributed by atoms with Crippen molar-refractivity contribution in [2.45, 2.75) is 12.8 Å². The van der Waals surface area contributed by atoms with E-state index in [1.807, 2.05) is 6.07 Å². The van der Waals surface area contributed by atoms with Crippen molar-refractivity contribution in [3.05, 3.63) is 42.0 Å². The molecule has 0 spiro atoms. The van der Waals surface area contributed by atoms with Crippen LogP contribution in [0.5, 0.6) is 0 Å². The van der Waals surface area contributed by atoms with Gasteiger partial charge in [0.25, 0.3) is 5.91 Å². The lowest BCUT2D eigenvalue weighted by Crippen LogP contribution is -2.26. The van der Waals surface area contributed by atoms with Crippen molar-refractivity contribution >= 4 is 17.5 Å². The summed E-state index contributed by atoms with van der Waals surface area (Å²) >= 11 is 0. The Morgan fingerprint density at radius 3 is 2.70 bits per heavy atom. The third-order valence-corrected chi connectivity index (χ3v) is 4.24. The van der Waals surface area contributed by atoms with Crippen LogP contribution in [0, 0.1) is 17.8 Å². The molecule has 0 aliphatic heterocycles. The van der Waals surface area contributed by atoms with Crippen molar-refractivity contribution in [1.29, 1.82) is 0 Å². The van der Waals surface area contributed by atoms with Gasteiger partial charge in [-0.15, -0.1) is 0 Å². The van der Waals surface area contributed by atoms with Crippen molar-refractivity contribution in [1.82, 2.24) is 5.32 Å². The third-order valence-electron chi connectivity index (χ3n) is 4.24. The highest BCUT2D eigenvalue weighted by molar-refractivity contribution is 5.97. The predicted octanol–water partition coefficient (Wildman–Crippen LogP) is 2.20. The fraction of sp³-hybridized carbons (Fsp3) is 0.375. The van der Waals surface area contributed by atoms with Crippen LogP contribution in [0.3, 0.4) is 0 Å². The van der Waals surface area contributed by atoms with E-state index in [1.54, 1.807) is 25.2 Å². The first-order valence-electron chi connectivity index (χ1n) is 6.98. The van der Waals surface area contributed by atoms with Gasteiger partial charge in [0.1, 0.15) is 0 Å². The van der Waals surface area contributed by atoms with Gasteiger partial charge in [0, 0.05) is 24.2 Å². The molecule has 2 aliphatic rings. The maximum absolute atomic E-state index is 12.3. The summed E-state index contributed by atoms with van der Waals surface area (Å²) in [6, 6.07) is 7.03. The number of rotatable bonds is 3. The maximum Gasteiger partial charge on any atom is 0.251 e. The number of anilines is 1. The summed E-state index contributed by atoms with van der Waals surface area (Å²) in [6.07, 6.45) is 6.44. The van der Waals surface area contributed by atoms with Crippen LogP contribution >= 0.6 is 0 Å². The number of hydrogen-bond donors (Lipinski definition) is 2. The minimum Gasteiger partial charge on any atom is -0.355 e. The zero-order valence-electron chi connectivity index (χ0n) is 11.4. The molecule has 104 valence electrons. The van der Waals surface area contributed by atoms with Crippen LogP contribution in [0.2, 0.25) is 0 Å². The van der Waals surface area contributed by atoms with Crippen LogP contribution in [-0.4, -0.2) is 18.9 Å². The molecule has 2 N–H and O–H groups in total. The summed E-state index contributed by atoms with van der Waals surface area (Å²) in [4.78, 5) is 23.9. The standard InChI is InChI=1S/C16H18N2O2/c1-17-15(19)12-3-2-4-13(9-12)18-16(20)14-8-10-5-6-11(14)7-10/h2-6,9-11,14H,7-8H2,1H3,(H,17,19)(H,18,20)/t10-,11-,14+/m0/s1. The molecule has 3 atom stereocenters. The molecule has 4 heteroatoms. The van der Waals surface area contributed by atoms with Crippen LogP contribution < -0.4 is 10.6 Å². The smallest absolute Gasteiger partial charge is 0.251 e. The van der Waals surface area contributed by atoms with Gasteiger partial charge in [-0.25, -0.2) is 0 Å². The lowest BCUT2D eigenvalue weighted by Gasteiger charge is -2.17. The molecule has 1 fully saturated rings. The molecule has 0 unspecified atom stereocenters. The molecule has 0 heterocycles. The number of nitrogens with one attached hydrogen (secondary N) is 2. The van der Waals surface area contributed by atoms with Crippen molar-refractivity contribution in [3.63, 3.8) is 0 Å². The summed E-state index contributed by atoms with van der Waals surface area (Å²) in [5, 5.41) is 5.51. The molecule has 0 saturated heterocycles. The number of carbonyl (C=O) groups excluding carboxylic acids is 2. The number of fused-ring (bicyclic) bond motifs is 2. The largest absolute Gasteiger partial charge is 0.355 e. The molecular weight excluding hydrogens is 252 g/mol. The summed E-state index contributed by atoms with van der Waals surface area (Å²) in [7, 11) is 1.59. The lowest BCUT2D eigenvalue weighted by atomic mass is 9.93. The van der Waals surface area contributed by atoms with E-state index in [0.717, 1.165) is 12.8 Å². The Labute approximate surface area is 118 Å². The molecule has 2 amide bonds. The Kier molecular flexibility index (Phi) is 3.30. The van der Waals surface area contributed by atoms with E-state index in [4.69, 9.17) is 0 Å². The van der Waals surface area contributed by atoms with Gasteiger partial charge in [0.2, 0.25) is 5.91 Å². The second-order valence-electron chi connectivity index (χ2n) is 5.54. The van der Waals surface area contributed by atoms with E-state index in [1.165, 1.54) is 0 Å². The number of allylic oxidation sites excluding steroid dienone is 2. The first-order chi connectivity index (χ1) is 9.67. The van der Waals surface area contributed by atoms with E-state index in [2.05, 4.69) is 22.8 Å². The zero-order chi connectivity index (χ0) is 14.1. The van der Waals surface area contributed by atoms with Crippen LogP contribution in [0.25, 0.3) is 0 Å². The van der Waals surface area contributed by atoms with Gasteiger partial charge in [-0.3, -0.25) is 9.59 Å². The molecule has 1 aromatic carbocycles. The molecular formula is C16H18N2O2. The van der Waals surface area contributed by atoms with Crippen molar-refractivity contribution in [2.24, 2.45) is 17.8 Å². The van der Waals surface area contributed by atoms with Crippen LogP contribution in [0.15, 0.2) is 36.4 Å². The van der Waals surface area contributed by atoms with Crippen molar-refractivity contribution < 1.29 is 9.59 Å². The van der Waals surface area contributed by atoms with Crippen LogP contribution in [-0.2, 0) is 4.79 Å². The van der Waals surface area contributed by atoms with Crippen LogP contribution in [0.4, 0.5) is 5.69 Å². The van der Waals surface area contributed by atoms with Gasteiger partial charge in [-0.2, -0.15) is 0 Å². The van der Waals surface area contributed by atoms with Gasteiger partial charge in [0.15, 0.2) is 0 Å². The highest BCUT2D eigenvalue weighted by Gasteiger charge is 2.39. The summed E-state index contributed by atoms with van der Waals surface area (Å²) in [5.41, 5.74) is 1.24. The Morgan fingerprint density at radius 1 is 1.20 bits per heavy atom. The summed E-state index contributed by atoms with van der Waals surface area (Å²) in [5.74, 6) is 0.962. The second-order valence-corrected chi connectivity index (χ2v) is 5.54. The lowest BCUT2D eigenvalue weighted by molar-refractivity contribution is -0.120. The second kappa shape index (κ2) is 5.12. The SMILES string of the molecule is CNC(=O)c1cccc(NC(=O)[C@@H]2C[C@H]3C=C[C@H]2C3)c1. The van der Waals surface area contributed by atoms with Gasteiger partial charge in [-0.05, 0) is 42.9 Å². The maximum atomic E-state index is 12.3. The Balaban J connectivity index is 1.70. The molecule has 4 nitrogen and oxygen atoms in total. The highest BCUT2D eigenvalue weighted by atomic mass is 16.2. The molecule has 1 aromatic rings. The van der Waals surface area contributed by atoms with Crippen molar-refractivity contribution in [2.75, 3.05) is 12.4 Å². The first kappa shape index (κ1) is 12.9. The summed E-state index contributed by atoms with van der Waals surface area (Å²) < 4.78 is 0. The van der Waals surface area contributed by atoms with E-state index in [0.29, 0.717) is 23.1 Å². The van der Waals surface area contributed by atoms with Gasteiger partial charge in [0.05, 0.1) is 0 Å². The Hall–Kier alpha value is -2.10. The minimum absolute atomic E-state index is 0.0657. The van der Waals surface area contributed by atoms with E-state index >= 15 is 0 Å². The fourth-order valence-corrected chi connectivity index (χ4v) is 3.20. The average Bonchev–Trinajstić information content (AvgIpc) is 3.09. The van der Waals surface area contributed by atoms with Gasteiger partial charge < -0.3 is 10.6 Å². The van der Waals surface area contributed by atoms with E-state index in [-0.39, 0.29) is 17.7 Å². The topological polar surface area (TPSA) is 58.2 Å². The monoisotopic (exact) mass is 270 g/mol. The van der Waals surface area contributed by atoms with E-state index in [9.17, 15) is 9.59 Å². The summed E-state index contributed by atoms with van der Waals surface area (Å²) in [6.45, 7) is 0. The molecule has 20 heavy (non-hydrogen) atoms. The minimum atomic E-state index is -0.149. The zero-order valence-corrected chi connectivity index (χ0v) is 11.4. The van der Waals surface area contributed by atoms with Crippen molar-refractivity contribution in [3.8, 4) is 0 Å². The van der Waals surface area contributed by atoms with Crippen LogP contribution in [0.1, 0.15) is 23.2 Å². The normalized spacial score (nSPS) is 26.6. The quantitative estimate of drug-likeness (QED) is 0.827. The third kappa shape index (κ3) is 2.33. The number of amides is 2. The number of carbonyl (C=O) groups is 2. The highest BCUT2D eigenvalue weighted by Crippen LogP contribution is 2.43. The fourth-order valence-electron chi connectivity index (χ4n) is 3.20. The molecule has 1 saturated carbocycles. The molecule has 0 radical (unpaired) electrons. The number of hydrogen-bond acceptors (Lipinski definition) is 2. The molecule has 2 bridgehead atoms. The van der Waals surface area contributed by atoms with Gasteiger partial charge in [-0.1, -0.05) is 18.2 Å². The Bertz CT molecular complexity index is 580. The first-order valence-corrected chi connectivity index (χ1v) is 6.98. The molecule has 2 aliphatic carbocycles.